The smallest absolute Gasteiger partial charge is 0.107 e. The summed E-state index contributed by atoms with van der Waals surface area (Å²) in [5, 5.41) is 8.02. The van der Waals surface area contributed by atoms with Gasteiger partial charge in [-0.25, -0.2) is 4.89 Å². The third kappa shape index (κ3) is 2.59. The molecule has 0 unspecified atom stereocenters. The van der Waals surface area contributed by atoms with Crippen LogP contribution in [0.25, 0.3) is 0 Å². The van der Waals surface area contributed by atoms with Crippen LogP contribution in [0.3, 0.4) is 0 Å². The summed E-state index contributed by atoms with van der Waals surface area (Å²) in [6, 6.07) is 9.48. The molecule has 3 nitrogen and oxygen atoms in total. The second-order valence-corrected chi connectivity index (χ2v) is 1.76. The Hall–Kier alpha value is -0.900. The van der Waals surface area contributed by atoms with Crippen LogP contribution >= 0.6 is 0 Å². The van der Waals surface area contributed by atoms with Gasteiger partial charge in [-0.05, 0) is 5.56 Å². The van der Waals surface area contributed by atoms with Crippen LogP contribution < -0.4 is 0 Å². The first-order valence-electron chi connectivity index (χ1n) is 2.74. The van der Waals surface area contributed by atoms with Crippen LogP contribution in [-0.2, 0) is 11.5 Å². The van der Waals surface area contributed by atoms with Crippen LogP contribution in [0.4, 0.5) is 0 Å². The van der Waals surface area contributed by atoms with Crippen molar-refractivity contribution in [1.82, 2.24) is 0 Å². The van der Waals surface area contributed by atoms with Gasteiger partial charge in [0.15, 0.2) is 0 Å². The molecule has 0 fully saturated rings. The van der Waals surface area contributed by atoms with Crippen LogP contribution in [0.5, 0.6) is 0 Å². The van der Waals surface area contributed by atoms with E-state index in [1.54, 1.807) is 0 Å². The molecule has 0 radical (unpaired) electrons. The number of benzene rings is 1. The zero-order valence-corrected chi connectivity index (χ0v) is 5.45. The molecule has 0 atom stereocenters. The van der Waals surface area contributed by atoms with E-state index in [9.17, 15) is 0 Å². The normalized spacial score (nSPS) is 8.50. The maximum atomic E-state index is 8.02. The van der Waals surface area contributed by atoms with Crippen LogP contribution in [-0.4, -0.2) is 10.7 Å². The van der Waals surface area contributed by atoms with Gasteiger partial charge in [0.25, 0.3) is 0 Å². The Kier molecular flexibility index (Phi) is 4.49. The van der Waals surface area contributed by atoms with Crippen LogP contribution in [0.15, 0.2) is 30.3 Å². The van der Waals surface area contributed by atoms with Crippen molar-refractivity contribution in [2.75, 3.05) is 0 Å². The second-order valence-electron chi connectivity index (χ2n) is 1.76. The second kappa shape index (κ2) is 4.93. The monoisotopic (exact) mass is 142 g/mol. The van der Waals surface area contributed by atoms with E-state index < -0.39 is 0 Å². The SMILES string of the molecule is O.OOCc1ccccc1. The molecule has 3 N–H and O–H groups in total. The molecule has 1 rings (SSSR count). The maximum Gasteiger partial charge on any atom is 0.107 e. The summed E-state index contributed by atoms with van der Waals surface area (Å²) in [6.45, 7) is 0.265. The highest BCUT2D eigenvalue weighted by Crippen LogP contribution is 1.98. The molecule has 0 bridgehead atoms. The molecule has 0 aliphatic heterocycles. The van der Waals surface area contributed by atoms with Gasteiger partial charge in [-0.3, -0.25) is 5.26 Å². The predicted octanol–water partition coefficient (Wildman–Crippen LogP) is 0.851. The van der Waals surface area contributed by atoms with Crippen molar-refractivity contribution in [1.29, 1.82) is 0 Å². The lowest BCUT2D eigenvalue weighted by molar-refractivity contribution is -0.253. The Morgan fingerprint density at radius 3 is 2.30 bits per heavy atom. The van der Waals surface area contributed by atoms with Crippen molar-refractivity contribution in [3.8, 4) is 0 Å². The highest BCUT2D eigenvalue weighted by molar-refractivity contribution is 5.13. The van der Waals surface area contributed by atoms with Crippen molar-refractivity contribution < 1.29 is 15.6 Å². The molecule has 1 aromatic carbocycles. The van der Waals surface area contributed by atoms with Gasteiger partial charge in [0.1, 0.15) is 6.61 Å². The minimum absolute atomic E-state index is 0. The van der Waals surface area contributed by atoms with Gasteiger partial charge >= 0.3 is 0 Å². The summed E-state index contributed by atoms with van der Waals surface area (Å²) in [6.07, 6.45) is 0. The lowest BCUT2D eigenvalue weighted by atomic mass is 10.2. The van der Waals surface area contributed by atoms with Crippen molar-refractivity contribution in [2.45, 2.75) is 6.61 Å². The Morgan fingerprint density at radius 2 is 1.80 bits per heavy atom. The molecule has 3 heteroatoms. The first-order chi connectivity index (χ1) is 4.43. The van der Waals surface area contributed by atoms with Crippen molar-refractivity contribution >= 4 is 0 Å². The summed E-state index contributed by atoms with van der Waals surface area (Å²) in [5.41, 5.74) is 0.972. The van der Waals surface area contributed by atoms with E-state index in [0.29, 0.717) is 0 Å². The fourth-order valence-corrected chi connectivity index (χ4v) is 0.649. The van der Waals surface area contributed by atoms with Crippen LogP contribution in [0, 0.1) is 0 Å². The Balaban J connectivity index is 0.000000810. The molecule has 0 spiro atoms. The van der Waals surface area contributed by atoms with Gasteiger partial charge in [0.2, 0.25) is 0 Å². The van der Waals surface area contributed by atoms with Gasteiger partial charge in [-0.15, -0.1) is 0 Å². The molecule has 0 aromatic heterocycles. The summed E-state index contributed by atoms with van der Waals surface area (Å²) in [4.78, 5) is 3.93. The summed E-state index contributed by atoms with van der Waals surface area (Å²) in [5.74, 6) is 0. The number of hydrogen-bond acceptors (Lipinski definition) is 2. The third-order valence-electron chi connectivity index (χ3n) is 1.07. The number of hydrogen-bond donors (Lipinski definition) is 1. The average molecular weight is 142 g/mol. The van der Waals surface area contributed by atoms with Crippen molar-refractivity contribution in [3.05, 3.63) is 35.9 Å². The van der Waals surface area contributed by atoms with E-state index in [4.69, 9.17) is 5.26 Å². The molecule has 10 heavy (non-hydrogen) atoms. The van der Waals surface area contributed by atoms with Crippen molar-refractivity contribution in [3.63, 3.8) is 0 Å². The fraction of sp³-hybridized carbons (Fsp3) is 0.143. The van der Waals surface area contributed by atoms with Crippen LogP contribution in [0.1, 0.15) is 5.56 Å². The molecule has 1 aromatic rings. The summed E-state index contributed by atoms with van der Waals surface area (Å²) in [7, 11) is 0. The maximum absolute atomic E-state index is 8.02. The Bertz CT molecular complexity index is 162. The largest absolute Gasteiger partial charge is 0.412 e. The van der Waals surface area contributed by atoms with Gasteiger partial charge < -0.3 is 5.48 Å². The summed E-state index contributed by atoms with van der Waals surface area (Å²) >= 11 is 0. The Morgan fingerprint density at radius 1 is 1.20 bits per heavy atom. The van der Waals surface area contributed by atoms with E-state index >= 15 is 0 Å². The summed E-state index contributed by atoms with van der Waals surface area (Å²) < 4.78 is 0. The number of rotatable bonds is 2. The van der Waals surface area contributed by atoms with E-state index in [1.807, 2.05) is 30.3 Å². The lowest BCUT2D eigenvalue weighted by Crippen LogP contribution is -1.84. The standard InChI is InChI=1S/C7H8O2.H2O/c8-9-6-7-4-2-1-3-5-7;/h1-5,8H,6H2;1H2. The molecular weight excluding hydrogens is 132 g/mol. The first-order valence-corrected chi connectivity index (χ1v) is 2.74. The van der Waals surface area contributed by atoms with E-state index in [0.717, 1.165) is 5.56 Å². The zero-order valence-electron chi connectivity index (χ0n) is 5.45. The molecule has 56 valence electrons. The molecule has 0 saturated carbocycles. The van der Waals surface area contributed by atoms with Gasteiger partial charge in [0.05, 0.1) is 0 Å². The van der Waals surface area contributed by atoms with E-state index in [-0.39, 0.29) is 12.1 Å². The molecule has 0 amide bonds. The van der Waals surface area contributed by atoms with Gasteiger partial charge in [-0.2, -0.15) is 0 Å². The quantitative estimate of drug-likeness (QED) is 0.491. The topological polar surface area (TPSA) is 61.0 Å². The highest BCUT2D eigenvalue weighted by atomic mass is 17.1. The van der Waals surface area contributed by atoms with Crippen LogP contribution in [0.2, 0.25) is 0 Å². The third-order valence-corrected chi connectivity index (χ3v) is 1.07. The molecule has 0 heterocycles. The lowest BCUT2D eigenvalue weighted by Gasteiger charge is -1.93. The minimum atomic E-state index is 0. The first kappa shape index (κ1) is 9.10. The Labute approximate surface area is 59.1 Å². The fourth-order valence-electron chi connectivity index (χ4n) is 0.649. The van der Waals surface area contributed by atoms with Gasteiger partial charge in [0, 0.05) is 0 Å². The van der Waals surface area contributed by atoms with Crippen molar-refractivity contribution in [2.24, 2.45) is 0 Å². The highest BCUT2D eigenvalue weighted by Gasteiger charge is 1.86. The molecule has 0 saturated heterocycles. The van der Waals surface area contributed by atoms with E-state index in [2.05, 4.69) is 4.89 Å². The van der Waals surface area contributed by atoms with Gasteiger partial charge in [-0.1, -0.05) is 30.3 Å². The molecule has 0 aliphatic carbocycles. The minimum Gasteiger partial charge on any atom is -0.412 e. The average Bonchev–Trinajstić information content (AvgIpc) is 1.91. The predicted molar refractivity (Wildman–Crippen MR) is 37.5 cm³/mol. The van der Waals surface area contributed by atoms with E-state index in [1.165, 1.54) is 0 Å². The molecule has 0 aliphatic rings. The zero-order chi connectivity index (χ0) is 6.53. The molecular formula is C7H10O3.